The number of benzene rings is 1. The molecule has 1 saturated heterocycles. The van der Waals surface area contributed by atoms with Crippen LogP contribution >= 0.6 is 0 Å². The van der Waals surface area contributed by atoms with E-state index in [-0.39, 0.29) is 23.0 Å². The quantitative estimate of drug-likeness (QED) is 0.660. The van der Waals surface area contributed by atoms with Crippen LogP contribution in [0.3, 0.4) is 0 Å². The average molecular weight is 397 g/mol. The fraction of sp³-hybridized carbons (Fsp3) is 0.579. The minimum absolute atomic E-state index is 0.0861. The van der Waals surface area contributed by atoms with Crippen LogP contribution in [0.25, 0.3) is 0 Å². The van der Waals surface area contributed by atoms with Gasteiger partial charge in [0, 0.05) is 26.2 Å². The fourth-order valence-electron chi connectivity index (χ4n) is 3.15. The number of sulfonamides is 1. The minimum Gasteiger partial charge on any atom is -0.452 e. The van der Waals surface area contributed by atoms with Gasteiger partial charge in [-0.15, -0.1) is 0 Å². The van der Waals surface area contributed by atoms with E-state index in [1.165, 1.54) is 16.4 Å². The van der Waals surface area contributed by atoms with E-state index in [4.69, 9.17) is 4.74 Å². The largest absolute Gasteiger partial charge is 0.452 e. The maximum atomic E-state index is 12.8. The molecule has 0 unspecified atom stereocenters. The Bertz CT molecular complexity index is 781. The van der Waals surface area contributed by atoms with Gasteiger partial charge in [-0.1, -0.05) is 19.9 Å². The lowest BCUT2D eigenvalue weighted by Crippen LogP contribution is -2.38. The first-order valence-electron chi connectivity index (χ1n) is 9.37. The lowest BCUT2D eigenvalue weighted by Gasteiger charge is -2.26. The van der Waals surface area contributed by atoms with Crippen LogP contribution in [0.5, 0.6) is 0 Å². The summed E-state index contributed by atoms with van der Waals surface area (Å²) < 4.78 is 32.0. The first-order chi connectivity index (χ1) is 12.8. The third-order valence-corrected chi connectivity index (χ3v) is 6.97. The number of nitrogens with zero attached hydrogens (tertiary/aromatic N) is 2. The van der Waals surface area contributed by atoms with Crippen molar-refractivity contribution in [1.82, 2.24) is 9.21 Å². The summed E-state index contributed by atoms with van der Waals surface area (Å²) in [5.74, 6) is -0.914. The van der Waals surface area contributed by atoms with Gasteiger partial charge in [-0.05, 0) is 43.9 Å². The molecule has 1 aliphatic heterocycles. The summed E-state index contributed by atoms with van der Waals surface area (Å²) in [6.45, 7) is 6.95. The highest BCUT2D eigenvalue weighted by atomic mass is 32.2. The van der Waals surface area contributed by atoms with Crippen molar-refractivity contribution in [3.05, 3.63) is 29.3 Å². The van der Waals surface area contributed by atoms with Crippen LogP contribution in [0.1, 0.15) is 49.0 Å². The normalized spacial score (nSPS) is 15.0. The number of hydrogen-bond acceptors (Lipinski definition) is 5. The topological polar surface area (TPSA) is 84.0 Å². The molecule has 2 rings (SSSR count). The van der Waals surface area contributed by atoms with Gasteiger partial charge in [-0.2, -0.15) is 4.31 Å². The van der Waals surface area contributed by atoms with Gasteiger partial charge in [0.1, 0.15) is 0 Å². The van der Waals surface area contributed by atoms with E-state index in [2.05, 4.69) is 0 Å². The van der Waals surface area contributed by atoms with Gasteiger partial charge in [-0.3, -0.25) is 4.79 Å². The molecule has 0 N–H and O–H groups in total. The Kier molecular flexibility index (Phi) is 7.38. The van der Waals surface area contributed by atoms with Gasteiger partial charge in [0.15, 0.2) is 6.61 Å². The molecule has 8 heteroatoms. The highest BCUT2D eigenvalue weighted by Gasteiger charge is 2.25. The van der Waals surface area contributed by atoms with Crippen LogP contribution in [0.2, 0.25) is 0 Å². The predicted octanol–water partition coefficient (Wildman–Crippen LogP) is 2.19. The van der Waals surface area contributed by atoms with Gasteiger partial charge in [-0.25, -0.2) is 13.2 Å². The molecule has 27 heavy (non-hydrogen) atoms. The molecule has 1 aromatic carbocycles. The SMILES string of the molecule is CCN(CC)S(=O)(=O)c1cc(C(=O)OCC(=O)N2CCCCC2)ccc1C. The predicted molar refractivity (Wildman–Crippen MR) is 102 cm³/mol. The molecule has 7 nitrogen and oxygen atoms in total. The highest BCUT2D eigenvalue weighted by molar-refractivity contribution is 7.89. The van der Waals surface area contributed by atoms with Gasteiger partial charge in [0.05, 0.1) is 10.5 Å². The number of esters is 1. The van der Waals surface area contributed by atoms with E-state index in [0.29, 0.717) is 31.7 Å². The third kappa shape index (κ3) is 5.07. The summed E-state index contributed by atoms with van der Waals surface area (Å²) in [5, 5.41) is 0. The van der Waals surface area contributed by atoms with Gasteiger partial charge in [0.25, 0.3) is 5.91 Å². The average Bonchev–Trinajstić information content (AvgIpc) is 2.67. The van der Waals surface area contributed by atoms with Crippen molar-refractivity contribution in [2.45, 2.75) is 44.9 Å². The first kappa shape index (κ1) is 21.4. The molecule has 0 bridgehead atoms. The Morgan fingerprint density at radius 2 is 1.74 bits per heavy atom. The van der Waals surface area contributed by atoms with E-state index in [9.17, 15) is 18.0 Å². The van der Waals surface area contributed by atoms with Crippen molar-refractivity contribution in [3.8, 4) is 0 Å². The maximum absolute atomic E-state index is 12.8. The summed E-state index contributed by atoms with van der Waals surface area (Å²) in [4.78, 5) is 26.2. The van der Waals surface area contributed by atoms with Crippen LogP contribution in [-0.2, 0) is 19.6 Å². The smallest absolute Gasteiger partial charge is 0.338 e. The summed E-state index contributed by atoms with van der Waals surface area (Å²) in [7, 11) is -3.69. The first-order valence-corrected chi connectivity index (χ1v) is 10.8. The molecule has 0 radical (unpaired) electrons. The van der Waals surface area contributed by atoms with Crippen molar-refractivity contribution in [2.75, 3.05) is 32.8 Å². The standard InChI is InChI=1S/C19H28N2O5S/c1-4-21(5-2)27(24,25)17-13-16(10-9-15(17)3)19(23)26-14-18(22)20-11-7-6-8-12-20/h9-10,13H,4-8,11-12,14H2,1-3H3. The zero-order valence-corrected chi connectivity index (χ0v) is 17.0. The molecule has 0 aliphatic carbocycles. The van der Waals surface area contributed by atoms with Crippen molar-refractivity contribution >= 4 is 21.9 Å². The summed E-state index contributed by atoms with van der Waals surface area (Å²) in [5.41, 5.74) is 0.681. The number of amides is 1. The van der Waals surface area contributed by atoms with Crippen molar-refractivity contribution in [3.63, 3.8) is 0 Å². The van der Waals surface area contributed by atoms with Gasteiger partial charge >= 0.3 is 5.97 Å². The van der Waals surface area contributed by atoms with Gasteiger partial charge in [0.2, 0.25) is 10.0 Å². The molecule has 1 aromatic rings. The number of rotatable bonds is 7. The molecule has 1 fully saturated rings. The summed E-state index contributed by atoms with van der Waals surface area (Å²) >= 11 is 0. The summed E-state index contributed by atoms with van der Waals surface area (Å²) in [6, 6.07) is 4.43. The van der Waals surface area contributed by atoms with Crippen LogP contribution < -0.4 is 0 Å². The van der Waals surface area contributed by atoms with Crippen LogP contribution in [-0.4, -0.2) is 62.3 Å². The van der Waals surface area contributed by atoms with Crippen molar-refractivity contribution in [2.24, 2.45) is 0 Å². The fourth-order valence-corrected chi connectivity index (χ4v) is 4.86. The molecule has 1 amide bonds. The molecule has 0 aromatic heterocycles. The van der Waals surface area contributed by atoms with Crippen LogP contribution in [0, 0.1) is 6.92 Å². The van der Waals surface area contributed by atoms with Crippen LogP contribution in [0.4, 0.5) is 0 Å². The number of likely N-dealkylation sites (tertiary alicyclic amines) is 1. The van der Waals surface area contributed by atoms with E-state index >= 15 is 0 Å². The summed E-state index contributed by atoms with van der Waals surface area (Å²) in [6.07, 6.45) is 3.03. The second-order valence-electron chi connectivity index (χ2n) is 6.59. The lowest BCUT2D eigenvalue weighted by molar-refractivity contribution is -0.135. The van der Waals surface area contributed by atoms with Crippen molar-refractivity contribution in [1.29, 1.82) is 0 Å². The Morgan fingerprint density at radius 3 is 2.33 bits per heavy atom. The Balaban J connectivity index is 2.12. The molecule has 0 atom stereocenters. The number of carbonyl (C=O) groups excluding carboxylic acids is 2. The highest BCUT2D eigenvalue weighted by Crippen LogP contribution is 2.22. The molecule has 1 heterocycles. The monoisotopic (exact) mass is 396 g/mol. The molecular weight excluding hydrogens is 368 g/mol. The Morgan fingerprint density at radius 1 is 1.11 bits per heavy atom. The number of hydrogen-bond donors (Lipinski definition) is 0. The van der Waals surface area contributed by atoms with Crippen molar-refractivity contribution < 1.29 is 22.7 Å². The Hall–Kier alpha value is -1.93. The molecule has 0 saturated carbocycles. The zero-order valence-electron chi connectivity index (χ0n) is 16.2. The van der Waals surface area contributed by atoms with E-state index < -0.39 is 16.0 Å². The zero-order chi connectivity index (χ0) is 20.0. The second kappa shape index (κ2) is 9.32. The number of carbonyl (C=O) groups is 2. The third-order valence-electron chi connectivity index (χ3n) is 4.78. The number of ether oxygens (including phenoxy) is 1. The second-order valence-corrected chi connectivity index (χ2v) is 8.49. The number of piperidine rings is 1. The maximum Gasteiger partial charge on any atom is 0.338 e. The van der Waals surface area contributed by atoms with E-state index in [1.54, 1.807) is 31.7 Å². The number of aryl methyl sites for hydroxylation is 1. The molecular formula is C19H28N2O5S. The van der Waals surface area contributed by atoms with Gasteiger partial charge < -0.3 is 9.64 Å². The molecule has 150 valence electrons. The molecule has 1 aliphatic rings. The van der Waals surface area contributed by atoms with E-state index in [1.807, 2.05) is 0 Å². The van der Waals surface area contributed by atoms with E-state index in [0.717, 1.165) is 19.3 Å². The minimum atomic E-state index is -3.69. The molecule has 0 spiro atoms. The lowest BCUT2D eigenvalue weighted by atomic mass is 10.1. The Labute approximate surface area is 161 Å². The van der Waals surface area contributed by atoms with Crippen LogP contribution in [0.15, 0.2) is 23.1 Å².